The molecule has 0 atom stereocenters. The van der Waals surface area contributed by atoms with Crippen LogP contribution in [0.1, 0.15) is 12.0 Å². The van der Waals surface area contributed by atoms with Crippen molar-refractivity contribution < 1.29 is 13.2 Å². The highest BCUT2D eigenvalue weighted by molar-refractivity contribution is 7.91. The Labute approximate surface area is 107 Å². The van der Waals surface area contributed by atoms with Gasteiger partial charge in [0.25, 0.3) is 0 Å². The molecule has 0 radical (unpaired) electrons. The normalized spacial score (nSPS) is 14.5. The van der Waals surface area contributed by atoms with Crippen LogP contribution in [0.4, 0.5) is 11.4 Å². The largest absolute Gasteiger partial charge is 0.385 e. The number of fused-ring (bicyclic) bond motifs is 1. The molecule has 1 heterocycles. The summed E-state index contributed by atoms with van der Waals surface area (Å²) in [4.78, 5) is 11.6. The summed E-state index contributed by atoms with van der Waals surface area (Å²) in [5.41, 5.74) is 2.76. The van der Waals surface area contributed by atoms with Crippen molar-refractivity contribution in [2.45, 2.75) is 12.8 Å². The Bertz CT molecular complexity index is 567. The Morgan fingerprint density at radius 1 is 1.44 bits per heavy atom. The maximum Gasteiger partial charge on any atom is 0.239 e. The molecule has 1 aromatic rings. The van der Waals surface area contributed by atoms with Crippen LogP contribution in [0, 0.1) is 0 Å². The van der Waals surface area contributed by atoms with Crippen LogP contribution >= 0.6 is 0 Å². The van der Waals surface area contributed by atoms with Crippen LogP contribution in [0.5, 0.6) is 0 Å². The monoisotopic (exact) mass is 268 g/mol. The second-order valence-corrected chi connectivity index (χ2v) is 6.62. The number of carbonyl (C=O) groups is 1. The van der Waals surface area contributed by atoms with E-state index in [1.165, 1.54) is 0 Å². The summed E-state index contributed by atoms with van der Waals surface area (Å²) in [5, 5.41) is 5.92. The van der Waals surface area contributed by atoms with Crippen LogP contribution < -0.4 is 10.6 Å². The number of benzene rings is 1. The Morgan fingerprint density at radius 3 is 2.94 bits per heavy atom. The molecule has 0 saturated carbocycles. The van der Waals surface area contributed by atoms with Crippen molar-refractivity contribution in [3.63, 3.8) is 0 Å². The van der Waals surface area contributed by atoms with Gasteiger partial charge in [0.15, 0.2) is 9.84 Å². The predicted molar refractivity (Wildman–Crippen MR) is 71.6 cm³/mol. The van der Waals surface area contributed by atoms with Crippen LogP contribution in [-0.2, 0) is 21.1 Å². The molecule has 0 saturated heterocycles. The highest BCUT2D eigenvalue weighted by Crippen LogP contribution is 2.28. The average Bonchev–Trinajstić information content (AvgIpc) is 2.27. The van der Waals surface area contributed by atoms with Crippen molar-refractivity contribution in [3.05, 3.63) is 23.8 Å². The number of amides is 1. The van der Waals surface area contributed by atoms with E-state index in [-0.39, 0.29) is 0 Å². The van der Waals surface area contributed by atoms with E-state index in [1.807, 2.05) is 12.1 Å². The van der Waals surface area contributed by atoms with Crippen molar-refractivity contribution in [2.75, 3.05) is 29.2 Å². The first-order valence-corrected chi connectivity index (χ1v) is 7.85. The van der Waals surface area contributed by atoms with E-state index in [9.17, 15) is 13.2 Å². The van der Waals surface area contributed by atoms with Crippen LogP contribution in [-0.4, -0.2) is 32.9 Å². The Balaban J connectivity index is 2.17. The van der Waals surface area contributed by atoms with Crippen molar-refractivity contribution in [1.29, 1.82) is 0 Å². The number of anilines is 2. The van der Waals surface area contributed by atoms with Gasteiger partial charge in [0, 0.05) is 24.2 Å². The third-order valence-electron chi connectivity index (χ3n) is 2.76. The molecule has 2 N–H and O–H groups in total. The Morgan fingerprint density at radius 2 is 2.22 bits per heavy atom. The topological polar surface area (TPSA) is 75.3 Å². The van der Waals surface area contributed by atoms with E-state index in [4.69, 9.17) is 0 Å². The number of rotatable bonds is 3. The number of hydrogen-bond acceptors (Lipinski definition) is 4. The van der Waals surface area contributed by atoms with Crippen molar-refractivity contribution >= 4 is 27.1 Å². The second kappa shape index (κ2) is 4.97. The molecule has 0 aromatic heterocycles. The first-order chi connectivity index (χ1) is 8.46. The van der Waals surface area contributed by atoms with Gasteiger partial charge in [-0.3, -0.25) is 4.79 Å². The summed E-state index contributed by atoms with van der Waals surface area (Å²) in [5.74, 6) is -0.971. The van der Waals surface area contributed by atoms with Crippen LogP contribution in [0.3, 0.4) is 0 Å². The molecule has 98 valence electrons. The minimum Gasteiger partial charge on any atom is -0.385 e. The van der Waals surface area contributed by atoms with E-state index in [0.717, 1.165) is 36.9 Å². The van der Waals surface area contributed by atoms with Gasteiger partial charge in [-0.2, -0.15) is 0 Å². The van der Waals surface area contributed by atoms with E-state index >= 15 is 0 Å². The molecular weight excluding hydrogens is 252 g/mol. The molecular formula is C12H16N2O3S. The minimum atomic E-state index is -3.29. The van der Waals surface area contributed by atoms with Crippen LogP contribution in [0.25, 0.3) is 0 Å². The Hall–Kier alpha value is -1.56. The van der Waals surface area contributed by atoms with Gasteiger partial charge in [-0.25, -0.2) is 8.42 Å². The van der Waals surface area contributed by atoms with E-state index < -0.39 is 21.5 Å². The first-order valence-electron chi connectivity index (χ1n) is 5.79. The summed E-state index contributed by atoms with van der Waals surface area (Å²) in [7, 11) is -3.29. The van der Waals surface area contributed by atoms with Crippen molar-refractivity contribution in [3.8, 4) is 0 Å². The van der Waals surface area contributed by atoms with Gasteiger partial charge < -0.3 is 10.6 Å². The minimum absolute atomic E-state index is 0.482. The predicted octanol–water partition coefficient (Wildman–Crippen LogP) is 1.03. The molecule has 0 unspecified atom stereocenters. The van der Waals surface area contributed by atoms with Gasteiger partial charge in [0.1, 0.15) is 5.75 Å². The molecule has 6 heteroatoms. The van der Waals surface area contributed by atoms with Crippen LogP contribution in [0.15, 0.2) is 18.2 Å². The lowest BCUT2D eigenvalue weighted by molar-refractivity contribution is -0.113. The molecule has 18 heavy (non-hydrogen) atoms. The lowest BCUT2D eigenvalue weighted by atomic mass is 10.0. The number of sulfone groups is 1. The summed E-state index contributed by atoms with van der Waals surface area (Å²) in [6.45, 7) is 0.924. The van der Waals surface area contributed by atoms with Gasteiger partial charge in [0.05, 0.1) is 0 Å². The molecule has 2 rings (SSSR count). The molecule has 0 fully saturated rings. The Kier molecular flexibility index (Phi) is 3.56. The van der Waals surface area contributed by atoms with Crippen molar-refractivity contribution in [1.82, 2.24) is 0 Å². The molecule has 1 aliphatic heterocycles. The molecule has 0 bridgehead atoms. The molecule has 0 aliphatic carbocycles. The van der Waals surface area contributed by atoms with Gasteiger partial charge in [-0.1, -0.05) is 6.07 Å². The maximum atomic E-state index is 11.6. The summed E-state index contributed by atoms with van der Waals surface area (Å²) in [6, 6.07) is 5.60. The molecule has 1 amide bonds. The van der Waals surface area contributed by atoms with E-state index in [1.54, 1.807) is 6.07 Å². The third kappa shape index (κ3) is 3.22. The fraction of sp³-hybridized carbons (Fsp3) is 0.417. The highest BCUT2D eigenvalue weighted by Gasteiger charge is 2.16. The van der Waals surface area contributed by atoms with Gasteiger partial charge in [-0.05, 0) is 30.5 Å². The number of hydrogen-bond donors (Lipinski definition) is 2. The fourth-order valence-electron chi connectivity index (χ4n) is 2.05. The average molecular weight is 268 g/mol. The lowest BCUT2D eigenvalue weighted by Crippen LogP contribution is -2.23. The maximum absolute atomic E-state index is 11.6. The van der Waals surface area contributed by atoms with Gasteiger partial charge in [0.2, 0.25) is 5.91 Å². The standard InChI is InChI=1S/C12H16N2O3S/c1-18(16,17)8-12(15)14-11-6-2-5-10-9(11)4-3-7-13-10/h2,5-6,13H,3-4,7-8H2,1H3,(H,14,15). The van der Waals surface area contributed by atoms with E-state index in [2.05, 4.69) is 10.6 Å². The first kappa shape index (κ1) is 12.9. The third-order valence-corrected chi connectivity index (χ3v) is 3.55. The molecule has 0 spiro atoms. The summed E-state index contributed by atoms with van der Waals surface area (Å²) in [6.07, 6.45) is 2.94. The van der Waals surface area contributed by atoms with Gasteiger partial charge >= 0.3 is 0 Å². The van der Waals surface area contributed by atoms with Crippen LogP contribution in [0.2, 0.25) is 0 Å². The van der Waals surface area contributed by atoms with Crippen molar-refractivity contribution in [2.24, 2.45) is 0 Å². The number of carbonyl (C=O) groups excluding carboxylic acids is 1. The zero-order valence-electron chi connectivity index (χ0n) is 10.2. The molecule has 1 aliphatic rings. The smallest absolute Gasteiger partial charge is 0.239 e. The quantitative estimate of drug-likeness (QED) is 0.858. The summed E-state index contributed by atoms with van der Waals surface area (Å²) >= 11 is 0. The second-order valence-electron chi connectivity index (χ2n) is 4.48. The zero-order chi connectivity index (χ0) is 13.2. The van der Waals surface area contributed by atoms with E-state index in [0.29, 0.717) is 5.69 Å². The lowest BCUT2D eigenvalue weighted by Gasteiger charge is -2.21. The highest BCUT2D eigenvalue weighted by atomic mass is 32.2. The fourth-order valence-corrected chi connectivity index (χ4v) is 2.60. The molecule has 1 aromatic carbocycles. The van der Waals surface area contributed by atoms with Gasteiger partial charge in [-0.15, -0.1) is 0 Å². The summed E-state index contributed by atoms with van der Waals surface area (Å²) < 4.78 is 22.1. The number of nitrogens with one attached hydrogen (secondary N) is 2. The zero-order valence-corrected chi connectivity index (χ0v) is 11.0. The SMILES string of the molecule is CS(=O)(=O)CC(=O)Nc1cccc2c1CCCN2. The molecule has 5 nitrogen and oxygen atoms in total.